The quantitative estimate of drug-likeness (QED) is 0.321. The van der Waals surface area contributed by atoms with Crippen molar-refractivity contribution in [3.05, 3.63) is 88.9 Å². The standard InChI is InChI=1S/C27H24F6N8O3/c1-15(38-24(42)17-9-18(26(28,29)30)11-19(10-17)27(31,32)33)23-35-14-37-41(23)22-4-3-16(12-34-22)25(43)40-7-8-44-13-21(40)20-5-6-36-39(20)2/h3-6,9-12,14-15,21H,7-8,13H2,1-2H3,(H,38,42)/t15-,21?/m0/s1. The number of morpholine rings is 1. The van der Waals surface area contributed by atoms with E-state index in [1.54, 1.807) is 28.9 Å². The number of nitrogens with zero attached hydrogens (tertiary/aromatic N) is 7. The minimum atomic E-state index is -5.11. The minimum Gasteiger partial charge on any atom is -0.377 e. The lowest BCUT2D eigenvalue weighted by molar-refractivity contribution is -0.143. The van der Waals surface area contributed by atoms with Gasteiger partial charge in [0.25, 0.3) is 11.8 Å². The van der Waals surface area contributed by atoms with E-state index < -0.39 is 41.0 Å². The fourth-order valence-corrected chi connectivity index (χ4v) is 4.76. The van der Waals surface area contributed by atoms with E-state index in [1.165, 1.54) is 29.9 Å². The Balaban J connectivity index is 1.34. The van der Waals surface area contributed by atoms with Crippen LogP contribution in [0, 0.1) is 0 Å². The third kappa shape index (κ3) is 6.27. The zero-order chi connectivity index (χ0) is 31.8. The van der Waals surface area contributed by atoms with E-state index in [0.717, 1.165) is 12.0 Å². The molecule has 5 rings (SSSR count). The van der Waals surface area contributed by atoms with E-state index in [-0.39, 0.29) is 35.2 Å². The van der Waals surface area contributed by atoms with Crippen molar-refractivity contribution in [1.82, 2.24) is 39.7 Å². The monoisotopic (exact) mass is 622 g/mol. The molecule has 1 aliphatic heterocycles. The smallest absolute Gasteiger partial charge is 0.377 e. The van der Waals surface area contributed by atoms with Crippen LogP contribution < -0.4 is 5.32 Å². The van der Waals surface area contributed by atoms with Crippen LogP contribution in [0.1, 0.15) is 62.4 Å². The lowest BCUT2D eigenvalue weighted by Gasteiger charge is -2.35. The molecule has 1 aliphatic rings. The first-order valence-electron chi connectivity index (χ1n) is 13.1. The molecule has 1 fully saturated rings. The van der Waals surface area contributed by atoms with Crippen molar-refractivity contribution in [3.63, 3.8) is 0 Å². The molecule has 0 saturated carbocycles. The average Bonchev–Trinajstić information content (AvgIpc) is 3.65. The van der Waals surface area contributed by atoms with Gasteiger partial charge in [0.05, 0.1) is 47.7 Å². The molecule has 1 unspecified atom stereocenters. The van der Waals surface area contributed by atoms with Crippen molar-refractivity contribution < 1.29 is 40.7 Å². The maximum absolute atomic E-state index is 13.4. The predicted molar refractivity (Wildman–Crippen MR) is 139 cm³/mol. The number of hydrogen-bond acceptors (Lipinski definition) is 7. The molecule has 0 radical (unpaired) electrons. The van der Waals surface area contributed by atoms with Crippen LogP contribution in [0.25, 0.3) is 5.82 Å². The Morgan fingerprint density at radius 3 is 2.27 bits per heavy atom. The second kappa shape index (κ2) is 11.7. The van der Waals surface area contributed by atoms with Gasteiger partial charge in [-0.15, -0.1) is 0 Å². The number of benzene rings is 1. The number of ether oxygens (including phenoxy) is 1. The molecule has 44 heavy (non-hydrogen) atoms. The number of nitrogens with one attached hydrogen (secondary N) is 1. The highest BCUT2D eigenvalue weighted by atomic mass is 19.4. The number of pyridine rings is 1. The number of aryl methyl sites for hydroxylation is 1. The predicted octanol–water partition coefficient (Wildman–Crippen LogP) is 4.14. The molecule has 232 valence electrons. The van der Waals surface area contributed by atoms with Gasteiger partial charge in [-0.25, -0.2) is 9.97 Å². The summed E-state index contributed by atoms with van der Waals surface area (Å²) >= 11 is 0. The fourth-order valence-electron chi connectivity index (χ4n) is 4.76. The third-order valence-electron chi connectivity index (χ3n) is 6.96. The first kappa shape index (κ1) is 30.7. The van der Waals surface area contributed by atoms with Gasteiger partial charge in [0.15, 0.2) is 11.6 Å². The van der Waals surface area contributed by atoms with Gasteiger partial charge < -0.3 is 15.0 Å². The third-order valence-corrected chi connectivity index (χ3v) is 6.96. The molecule has 3 aromatic heterocycles. The van der Waals surface area contributed by atoms with Gasteiger partial charge >= 0.3 is 12.4 Å². The molecule has 1 aromatic carbocycles. The second-order valence-corrected chi connectivity index (χ2v) is 9.89. The number of rotatable bonds is 6. The van der Waals surface area contributed by atoms with Crippen molar-refractivity contribution >= 4 is 11.8 Å². The summed E-state index contributed by atoms with van der Waals surface area (Å²) in [6, 6.07) is 4.05. The Labute approximate surface area is 245 Å². The Kier molecular flexibility index (Phi) is 8.15. The van der Waals surface area contributed by atoms with Crippen molar-refractivity contribution in [2.75, 3.05) is 19.8 Å². The number of amides is 2. The molecule has 0 bridgehead atoms. The number of aromatic nitrogens is 6. The molecule has 0 spiro atoms. The normalized spacial score (nSPS) is 16.5. The minimum absolute atomic E-state index is 0.0605. The number of alkyl halides is 6. The Hall–Kier alpha value is -4.80. The molecular formula is C27H24F6N8O3. The summed E-state index contributed by atoms with van der Waals surface area (Å²) in [5.74, 6) is -1.21. The Morgan fingerprint density at radius 2 is 1.68 bits per heavy atom. The van der Waals surface area contributed by atoms with E-state index in [9.17, 15) is 35.9 Å². The van der Waals surface area contributed by atoms with Crippen molar-refractivity contribution in [3.8, 4) is 5.82 Å². The van der Waals surface area contributed by atoms with E-state index in [1.807, 2.05) is 0 Å². The highest BCUT2D eigenvalue weighted by Gasteiger charge is 2.38. The van der Waals surface area contributed by atoms with Gasteiger partial charge in [0, 0.05) is 31.5 Å². The number of carbonyl (C=O) groups excluding carboxylic acids is 2. The topological polar surface area (TPSA) is 120 Å². The molecule has 4 heterocycles. The molecule has 2 atom stereocenters. The van der Waals surface area contributed by atoms with Crippen LogP contribution in [-0.4, -0.2) is 66.0 Å². The lowest BCUT2D eigenvalue weighted by Crippen LogP contribution is -2.44. The van der Waals surface area contributed by atoms with Gasteiger partial charge in [-0.3, -0.25) is 14.3 Å². The van der Waals surface area contributed by atoms with Crippen molar-refractivity contribution in [1.29, 1.82) is 0 Å². The average molecular weight is 623 g/mol. The number of halogens is 6. The molecule has 1 saturated heterocycles. The second-order valence-electron chi connectivity index (χ2n) is 9.89. The largest absolute Gasteiger partial charge is 0.416 e. The Morgan fingerprint density at radius 1 is 0.977 bits per heavy atom. The van der Waals surface area contributed by atoms with Crippen LogP contribution in [0.2, 0.25) is 0 Å². The van der Waals surface area contributed by atoms with Gasteiger partial charge in [-0.2, -0.15) is 41.2 Å². The maximum atomic E-state index is 13.4. The van der Waals surface area contributed by atoms with Gasteiger partial charge in [-0.05, 0) is 43.3 Å². The van der Waals surface area contributed by atoms with E-state index >= 15 is 0 Å². The van der Waals surface area contributed by atoms with Gasteiger partial charge in [-0.1, -0.05) is 0 Å². The van der Waals surface area contributed by atoms with Crippen molar-refractivity contribution in [2.45, 2.75) is 31.4 Å². The number of hydrogen-bond donors (Lipinski definition) is 1. The summed E-state index contributed by atoms with van der Waals surface area (Å²) in [7, 11) is 1.77. The molecule has 4 aromatic rings. The Bertz CT molecular complexity index is 1630. The van der Waals surface area contributed by atoms with Crippen LogP contribution in [0.4, 0.5) is 26.3 Å². The van der Waals surface area contributed by atoms with Gasteiger partial charge in [0.1, 0.15) is 6.33 Å². The molecule has 0 aliphatic carbocycles. The van der Waals surface area contributed by atoms with Crippen LogP contribution in [-0.2, 0) is 24.1 Å². The summed E-state index contributed by atoms with van der Waals surface area (Å²) in [6.07, 6.45) is -6.12. The summed E-state index contributed by atoms with van der Waals surface area (Å²) in [6.45, 7) is 2.42. The highest BCUT2D eigenvalue weighted by molar-refractivity contribution is 5.95. The lowest BCUT2D eigenvalue weighted by atomic mass is 10.0. The van der Waals surface area contributed by atoms with E-state index in [4.69, 9.17) is 4.74 Å². The summed E-state index contributed by atoms with van der Waals surface area (Å²) in [5, 5.41) is 10.6. The molecule has 1 N–H and O–H groups in total. The van der Waals surface area contributed by atoms with Crippen LogP contribution >= 0.6 is 0 Å². The number of carbonyl (C=O) groups is 2. The first-order valence-corrected chi connectivity index (χ1v) is 13.1. The molecule has 2 amide bonds. The maximum Gasteiger partial charge on any atom is 0.416 e. The zero-order valence-corrected chi connectivity index (χ0v) is 23.1. The highest BCUT2D eigenvalue weighted by Crippen LogP contribution is 2.36. The van der Waals surface area contributed by atoms with Crippen LogP contribution in [0.15, 0.2) is 55.1 Å². The zero-order valence-electron chi connectivity index (χ0n) is 23.1. The fraction of sp³-hybridized carbons (Fsp3) is 0.333. The van der Waals surface area contributed by atoms with E-state index in [0.29, 0.717) is 31.9 Å². The SMILES string of the molecule is C[C@H](NC(=O)c1cc(C(F)(F)F)cc(C(F)(F)F)c1)c1ncnn1-c1ccc(C(=O)N2CCOCC2c2ccnn2C)cn1. The van der Waals surface area contributed by atoms with E-state index in [2.05, 4.69) is 25.5 Å². The summed E-state index contributed by atoms with van der Waals surface area (Å²) in [5.41, 5.74) is -2.99. The van der Waals surface area contributed by atoms with Crippen molar-refractivity contribution in [2.24, 2.45) is 7.05 Å². The molecule has 17 heteroatoms. The van der Waals surface area contributed by atoms with Gasteiger partial charge in [0.2, 0.25) is 0 Å². The van der Waals surface area contributed by atoms with Crippen LogP contribution in [0.5, 0.6) is 0 Å². The molecular weight excluding hydrogens is 598 g/mol. The summed E-state index contributed by atoms with van der Waals surface area (Å²) < 4.78 is 88.0. The van der Waals surface area contributed by atoms with Crippen LogP contribution in [0.3, 0.4) is 0 Å². The summed E-state index contributed by atoms with van der Waals surface area (Å²) in [4.78, 5) is 36.2. The molecule has 11 nitrogen and oxygen atoms in total. The first-order chi connectivity index (χ1) is 20.7.